The molecule has 0 amide bonds. The molecule has 4 nitrogen and oxygen atoms in total. The first-order valence-corrected chi connectivity index (χ1v) is 6.15. The molecular formula is C15H16FN3O. The Morgan fingerprint density at radius 1 is 1.25 bits per heavy atom. The van der Waals surface area contributed by atoms with E-state index in [0.717, 1.165) is 11.3 Å². The summed E-state index contributed by atoms with van der Waals surface area (Å²) in [5.41, 5.74) is 7.91. The molecule has 0 radical (unpaired) electrons. The van der Waals surface area contributed by atoms with Crippen LogP contribution in [-0.4, -0.2) is 10.8 Å². The van der Waals surface area contributed by atoms with E-state index in [0.29, 0.717) is 11.1 Å². The zero-order valence-electron chi connectivity index (χ0n) is 11.6. The van der Waals surface area contributed by atoms with E-state index in [1.807, 2.05) is 6.92 Å². The zero-order chi connectivity index (χ0) is 14.9. The number of nitrogen functional groups attached to an aromatic ring is 1. The normalized spacial score (nSPS) is 10.4. The molecule has 0 fully saturated rings. The van der Waals surface area contributed by atoms with Crippen molar-refractivity contribution in [3.63, 3.8) is 0 Å². The molecule has 2 aromatic rings. The van der Waals surface area contributed by atoms with E-state index in [-0.39, 0.29) is 17.5 Å². The van der Waals surface area contributed by atoms with Crippen molar-refractivity contribution in [1.82, 2.24) is 4.98 Å². The van der Waals surface area contributed by atoms with Crippen LogP contribution in [0.4, 0.5) is 4.39 Å². The van der Waals surface area contributed by atoms with Gasteiger partial charge in [0.2, 0.25) is 5.88 Å². The van der Waals surface area contributed by atoms with Crippen molar-refractivity contribution in [3.8, 4) is 11.6 Å². The number of nitrogens with zero attached hydrogens (tertiary/aromatic N) is 1. The van der Waals surface area contributed by atoms with Gasteiger partial charge in [-0.3, -0.25) is 5.41 Å². The van der Waals surface area contributed by atoms with Gasteiger partial charge in [-0.25, -0.2) is 9.37 Å². The van der Waals surface area contributed by atoms with Gasteiger partial charge in [0, 0.05) is 5.69 Å². The Morgan fingerprint density at radius 2 is 1.95 bits per heavy atom. The molecule has 104 valence electrons. The maximum absolute atomic E-state index is 14.0. The summed E-state index contributed by atoms with van der Waals surface area (Å²) >= 11 is 0. The Hall–Kier alpha value is -2.43. The van der Waals surface area contributed by atoms with Crippen molar-refractivity contribution in [1.29, 1.82) is 5.41 Å². The lowest BCUT2D eigenvalue weighted by molar-refractivity contribution is 0.423. The van der Waals surface area contributed by atoms with Crippen LogP contribution in [0.3, 0.4) is 0 Å². The van der Waals surface area contributed by atoms with Gasteiger partial charge in [-0.1, -0.05) is 12.1 Å². The Labute approximate surface area is 116 Å². The lowest BCUT2D eigenvalue weighted by Crippen LogP contribution is -2.15. The topological polar surface area (TPSA) is 72.0 Å². The first-order valence-electron chi connectivity index (χ1n) is 6.15. The molecule has 0 saturated carbocycles. The molecule has 0 aliphatic heterocycles. The van der Waals surface area contributed by atoms with Crippen LogP contribution in [0.15, 0.2) is 24.3 Å². The van der Waals surface area contributed by atoms with Crippen LogP contribution in [0.1, 0.15) is 22.4 Å². The molecule has 1 aromatic carbocycles. The number of nitrogens with one attached hydrogen (secondary N) is 1. The van der Waals surface area contributed by atoms with Crippen molar-refractivity contribution in [2.24, 2.45) is 5.73 Å². The predicted octanol–water partition coefficient (Wildman–Crippen LogP) is 3.22. The zero-order valence-corrected chi connectivity index (χ0v) is 11.6. The average molecular weight is 273 g/mol. The minimum absolute atomic E-state index is 0.0741. The van der Waals surface area contributed by atoms with Crippen molar-refractivity contribution in [3.05, 3.63) is 52.5 Å². The van der Waals surface area contributed by atoms with Crippen LogP contribution < -0.4 is 10.5 Å². The second-order valence-electron chi connectivity index (χ2n) is 4.66. The number of amidine groups is 1. The van der Waals surface area contributed by atoms with E-state index < -0.39 is 5.82 Å². The summed E-state index contributed by atoms with van der Waals surface area (Å²) in [6.07, 6.45) is 0. The van der Waals surface area contributed by atoms with Crippen LogP contribution in [0, 0.1) is 32.0 Å². The Kier molecular flexibility index (Phi) is 3.70. The highest BCUT2D eigenvalue weighted by Crippen LogP contribution is 2.29. The molecular weight excluding hydrogens is 257 g/mol. The van der Waals surface area contributed by atoms with Gasteiger partial charge in [-0.2, -0.15) is 0 Å². The number of hydrogen-bond donors (Lipinski definition) is 2. The van der Waals surface area contributed by atoms with E-state index >= 15 is 0 Å². The van der Waals surface area contributed by atoms with Crippen molar-refractivity contribution in [2.45, 2.75) is 20.8 Å². The smallest absolute Gasteiger partial charge is 0.230 e. The quantitative estimate of drug-likeness (QED) is 0.666. The number of nitrogens with two attached hydrogens (primary N) is 1. The molecule has 0 spiro atoms. The van der Waals surface area contributed by atoms with E-state index in [9.17, 15) is 4.39 Å². The maximum atomic E-state index is 14.0. The summed E-state index contributed by atoms with van der Waals surface area (Å²) in [5, 5.41) is 7.61. The van der Waals surface area contributed by atoms with Crippen LogP contribution in [-0.2, 0) is 0 Å². The summed E-state index contributed by atoms with van der Waals surface area (Å²) in [5.74, 6) is -0.370. The van der Waals surface area contributed by atoms with Gasteiger partial charge in [0.05, 0.1) is 5.56 Å². The lowest BCUT2D eigenvalue weighted by Gasteiger charge is -2.13. The molecule has 1 heterocycles. The molecule has 0 unspecified atom stereocenters. The van der Waals surface area contributed by atoms with E-state index in [2.05, 4.69) is 4.98 Å². The number of aryl methyl sites for hydroxylation is 3. The van der Waals surface area contributed by atoms with Gasteiger partial charge >= 0.3 is 0 Å². The SMILES string of the molecule is Cc1cc(C)c(C(=N)N)c(Oc2cccc(C)c2F)n1. The van der Waals surface area contributed by atoms with Crippen LogP contribution in [0.5, 0.6) is 11.6 Å². The van der Waals surface area contributed by atoms with Gasteiger partial charge in [0.25, 0.3) is 0 Å². The molecule has 20 heavy (non-hydrogen) atoms. The Bertz CT molecular complexity index is 683. The Balaban J connectivity index is 2.53. The fourth-order valence-corrected chi connectivity index (χ4v) is 2.01. The predicted molar refractivity (Wildman–Crippen MR) is 75.9 cm³/mol. The van der Waals surface area contributed by atoms with E-state index in [1.165, 1.54) is 6.07 Å². The summed E-state index contributed by atoms with van der Waals surface area (Å²) in [6.45, 7) is 5.27. The number of benzene rings is 1. The fourth-order valence-electron chi connectivity index (χ4n) is 2.01. The Morgan fingerprint density at radius 3 is 2.60 bits per heavy atom. The van der Waals surface area contributed by atoms with Gasteiger partial charge in [-0.15, -0.1) is 0 Å². The number of halogens is 1. The molecule has 0 atom stereocenters. The van der Waals surface area contributed by atoms with Crippen molar-refractivity contribution in [2.75, 3.05) is 0 Å². The summed E-state index contributed by atoms with van der Waals surface area (Å²) in [4.78, 5) is 4.21. The minimum Gasteiger partial charge on any atom is -0.435 e. The average Bonchev–Trinajstić information content (AvgIpc) is 2.33. The number of rotatable bonds is 3. The monoisotopic (exact) mass is 273 g/mol. The molecule has 2 rings (SSSR count). The molecule has 0 bridgehead atoms. The van der Waals surface area contributed by atoms with Gasteiger partial charge < -0.3 is 10.5 Å². The second kappa shape index (κ2) is 5.28. The van der Waals surface area contributed by atoms with Gasteiger partial charge in [-0.05, 0) is 44.0 Å². The third-order valence-corrected chi connectivity index (χ3v) is 2.94. The van der Waals surface area contributed by atoms with Gasteiger partial charge in [0.1, 0.15) is 5.84 Å². The third-order valence-electron chi connectivity index (χ3n) is 2.94. The largest absolute Gasteiger partial charge is 0.435 e. The summed E-state index contributed by atoms with van der Waals surface area (Å²) in [7, 11) is 0. The number of aromatic nitrogens is 1. The maximum Gasteiger partial charge on any atom is 0.230 e. The molecule has 0 aliphatic carbocycles. The molecule has 1 aromatic heterocycles. The lowest BCUT2D eigenvalue weighted by atomic mass is 10.1. The summed E-state index contributed by atoms with van der Waals surface area (Å²) in [6, 6.07) is 6.68. The fraction of sp³-hybridized carbons (Fsp3) is 0.200. The highest BCUT2D eigenvalue weighted by Gasteiger charge is 2.16. The van der Waals surface area contributed by atoms with Crippen LogP contribution in [0.25, 0.3) is 0 Å². The molecule has 5 heteroatoms. The van der Waals surface area contributed by atoms with Crippen molar-refractivity contribution < 1.29 is 9.13 Å². The number of ether oxygens (including phenoxy) is 1. The van der Waals surface area contributed by atoms with E-state index in [4.69, 9.17) is 15.9 Å². The van der Waals surface area contributed by atoms with Crippen molar-refractivity contribution >= 4 is 5.84 Å². The van der Waals surface area contributed by atoms with Crippen LogP contribution >= 0.6 is 0 Å². The number of pyridine rings is 1. The summed E-state index contributed by atoms with van der Waals surface area (Å²) < 4.78 is 19.5. The first-order chi connectivity index (χ1) is 9.40. The van der Waals surface area contributed by atoms with E-state index in [1.54, 1.807) is 32.0 Å². The molecule has 0 saturated heterocycles. The number of hydrogen-bond acceptors (Lipinski definition) is 3. The second-order valence-corrected chi connectivity index (χ2v) is 4.66. The third kappa shape index (κ3) is 2.61. The molecule has 3 N–H and O–H groups in total. The molecule has 0 aliphatic rings. The standard InChI is InChI=1S/C15H16FN3O/c1-8-5-4-6-11(13(8)16)20-15-12(14(17)18)9(2)7-10(3)19-15/h4-7H,1-3H3,(H3,17,18). The minimum atomic E-state index is -0.442. The highest BCUT2D eigenvalue weighted by molar-refractivity contribution is 5.98. The first kappa shape index (κ1) is 14.0. The van der Waals surface area contributed by atoms with Crippen LogP contribution in [0.2, 0.25) is 0 Å². The highest BCUT2D eigenvalue weighted by atomic mass is 19.1. The van der Waals surface area contributed by atoms with Gasteiger partial charge in [0.15, 0.2) is 11.6 Å².